The highest BCUT2D eigenvalue weighted by Gasteiger charge is 2.59. The van der Waals surface area contributed by atoms with E-state index in [1.807, 2.05) is 0 Å². The Morgan fingerprint density at radius 1 is 0.304 bits per heavy atom. The molecule has 22 saturated heterocycles. The molecule has 400 valence electrons. The maximum absolute atomic E-state index is 11.7. The number of hydrogen-bond donors (Lipinski definition) is 17. The second kappa shape index (κ2) is 23.1. The molecule has 0 aromatic carbocycles. The van der Waals surface area contributed by atoms with Crippen molar-refractivity contribution in [3.63, 3.8) is 0 Å². The van der Waals surface area contributed by atoms with Gasteiger partial charge >= 0.3 is 0 Å². The smallest absolute Gasteiger partial charge is 0.294 e. The van der Waals surface area contributed by atoms with Crippen molar-refractivity contribution in [2.24, 2.45) is 0 Å². The molecule has 22 rings (SSSR count). The summed E-state index contributed by atoms with van der Waals surface area (Å²) in [4.78, 5) is 16.4. The first-order valence-corrected chi connectivity index (χ1v) is 21.6. The van der Waals surface area contributed by atoms with E-state index in [1.165, 1.54) is 0 Å². The van der Waals surface area contributed by atoms with Crippen LogP contribution in [0.15, 0.2) is 0 Å². The summed E-state index contributed by atoms with van der Waals surface area (Å²) in [7, 11) is 0. The summed E-state index contributed by atoms with van der Waals surface area (Å²) in [5, 5.41) is 196. The van der Waals surface area contributed by atoms with E-state index in [0.29, 0.717) is 0 Å². The summed E-state index contributed by atoms with van der Waals surface area (Å²) in [6, 6.07) is 0. The molecule has 22 aliphatic heterocycles. The molecule has 12 bridgehead atoms. The van der Waals surface area contributed by atoms with Crippen LogP contribution in [0.25, 0.3) is 0 Å². The third-order valence-corrected chi connectivity index (χ3v) is 12.9. The normalized spacial score (nSPS) is 53.3. The highest BCUT2D eigenvalue weighted by molar-refractivity contribution is 5.01. The zero-order chi connectivity index (χ0) is 50.3. The molecule has 22 aliphatic rings. The number of ether oxygens (including phenoxy) is 12. The molecule has 33 heteroatoms. The Hall–Kier alpha value is -1.96. The highest BCUT2D eigenvalue weighted by atomic mass is 17.0. The topological polar surface area (TPSA) is 507 Å². The molecular weight excluding hydrogens is 958 g/mol. The molecule has 0 spiro atoms. The monoisotopic (exact) mass is 1020 g/mol. The molecule has 22 fully saturated rings. The SMILES string of the molecule is O=[N+]([O-])O[C@@H]1[C@@H](O)[C@H]2O[C@H]3[C@H](O)[C@@H](O)[C@@H](O[C@H]4[C@H](O)[C@@H](O)[C@@H](O[C@H]5[C@H](O)[C@@H](O)[C@@H](O[C@H]6[C@H](O)[C@@H](O)[C@@H](O[C@H]7[C@H](O)[C@@H](O)[C@@H](O[C@H]1[C@@H](CO)O2)O[C@@H]7CO)O[C@@H]6CO)O[C@@H]5CO)O[C@@H]4CO)O[C@@H]3CO. The van der Waals surface area contributed by atoms with Gasteiger partial charge in [0.15, 0.2) is 43.8 Å². The largest absolute Gasteiger partial charge is 0.394 e. The lowest BCUT2D eigenvalue weighted by atomic mass is 9.94. The number of aliphatic hydroxyl groups excluding tert-OH is 17. The Balaban J connectivity index is 1.22. The van der Waals surface area contributed by atoms with Gasteiger partial charge in [-0.15, -0.1) is 10.1 Å². The standard InChI is InChI=1S/C36H59NO32/c38-1-7-24-13(44)18(49)31(57-7)64-25-8(2-39)59-33(20(51)15(25)46)66-27-10(4-41)61-35(22(53)17(27)48)68-29-12(6-43)62-36(23(54)30(29)69-37(55)56)67-28-11(5-42)60-34(21(52)16(28)47)65-26-9(3-40)58-32(63-24)19(50)14(26)45/h7-36,38-54H,1-6H2/t7-,8-,9-,10-,11-,12-,13-,14-,15-,16-,17-,18-,19-,20-,21-,22-,23-,24-,25-,26-,27-,28-,29+,30-,31-,32-,33-,34-,35-,36-/m1/s1. The lowest BCUT2D eigenvalue weighted by Gasteiger charge is -2.50. The fourth-order valence-corrected chi connectivity index (χ4v) is 9.13. The number of rotatable bonds is 8. The van der Waals surface area contributed by atoms with Crippen molar-refractivity contribution >= 4 is 0 Å². The van der Waals surface area contributed by atoms with E-state index in [1.54, 1.807) is 0 Å². The van der Waals surface area contributed by atoms with Crippen molar-refractivity contribution in [2.75, 3.05) is 39.6 Å². The molecule has 0 amide bonds. The van der Waals surface area contributed by atoms with Gasteiger partial charge in [-0.3, -0.25) is 0 Å². The van der Waals surface area contributed by atoms with Crippen LogP contribution in [0.3, 0.4) is 0 Å². The van der Waals surface area contributed by atoms with Crippen LogP contribution in [0.1, 0.15) is 0 Å². The first-order valence-electron chi connectivity index (χ1n) is 21.6. The van der Waals surface area contributed by atoms with Crippen LogP contribution >= 0.6 is 0 Å². The summed E-state index contributed by atoms with van der Waals surface area (Å²) in [6.45, 7) is -6.38. The van der Waals surface area contributed by atoms with Crippen LogP contribution < -0.4 is 0 Å². The van der Waals surface area contributed by atoms with Crippen molar-refractivity contribution in [3.8, 4) is 0 Å². The van der Waals surface area contributed by atoms with E-state index < -0.39 is 229 Å². The van der Waals surface area contributed by atoms with Gasteiger partial charge in [-0.1, -0.05) is 0 Å². The molecule has 33 nitrogen and oxygen atoms in total. The average molecular weight is 1020 g/mol. The molecule has 17 N–H and O–H groups in total. The van der Waals surface area contributed by atoms with Gasteiger partial charge in [0.2, 0.25) is 0 Å². The van der Waals surface area contributed by atoms with E-state index >= 15 is 0 Å². The highest BCUT2D eigenvalue weighted by Crippen LogP contribution is 2.38. The Labute approximate surface area is 387 Å². The van der Waals surface area contributed by atoms with E-state index in [0.717, 1.165) is 0 Å². The van der Waals surface area contributed by atoms with Crippen LogP contribution in [0.5, 0.6) is 0 Å². The maximum Gasteiger partial charge on any atom is 0.294 e. The van der Waals surface area contributed by atoms with Gasteiger partial charge in [-0.2, -0.15) is 0 Å². The number of nitrogens with zero attached hydrogens (tertiary/aromatic N) is 1. The van der Waals surface area contributed by atoms with E-state index in [-0.39, 0.29) is 0 Å². The Morgan fingerprint density at radius 3 is 0.696 bits per heavy atom. The van der Waals surface area contributed by atoms with Crippen molar-refractivity contribution in [1.82, 2.24) is 0 Å². The zero-order valence-corrected chi connectivity index (χ0v) is 35.7. The maximum atomic E-state index is 11.7. The van der Waals surface area contributed by atoms with Gasteiger partial charge in [0.05, 0.1) is 39.6 Å². The lowest BCUT2D eigenvalue weighted by molar-refractivity contribution is -0.775. The Morgan fingerprint density at radius 2 is 0.493 bits per heavy atom. The van der Waals surface area contributed by atoms with Crippen molar-refractivity contribution in [2.45, 2.75) is 184 Å². The minimum Gasteiger partial charge on any atom is -0.394 e. The van der Waals surface area contributed by atoms with Gasteiger partial charge in [0.1, 0.15) is 140 Å². The van der Waals surface area contributed by atoms with E-state index in [9.17, 15) is 96.9 Å². The molecule has 22 heterocycles. The van der Waals surface area contributed by atoms with Gasteiger partial charge in [0.25, 0.3) is 5.09 Å². The van der Waals surface area contributed by atoms with Crippen LogP contribution in [0.4, 0.5) is 0 Å². The van der Waals surface area contributed by atoms with Gasteiger partial charge < -0.3 is 148 Å². The fourth-order valence-electron chi connectivity index (χ4n) is 9.13. The summed E-state index contributed by atoms with van der Waals surface area (Å²) in [6.07, 6.45) is -61.1. The van der Waals surface area contributed by atoms with Gasteiger partial charge in [-0.25, -0.2) is 0 Å². The van der Waals surface area contributed by atoms with Crippen LogP contribution in [0.2, 0.25) is 0 Å². The zero-order valence-electron chi connectivity index (χ0n) is 35.7. The second-order valence-electron chi connectivity index (χ2n) is 17.1. The number of hydrogen-bond acceptors (Lipinski definition) is 32. The molecule has 0 unspecified atom stereocenters. The number of aliphatic hydroxyl groups is 17. The molecule has 0 aromatic heterocycles. The molecule has 0 aliphatic carbocycles. The van der Waals surface area contributed by atoms with Crippen molar-refractivity contribution < 1.29 is 154 Å². The second-order valence-corrected chi connectivity index (χ2v) is 17.1. The lowest BCUT2D eigenvalue weighted by Crippen LogP contribution is -2.69. The van der Waals surface area contributed by atoms with E-state index in [4.69, 9.17) is 56.8 Å². The molecular formula is C36H59NO32. The molecule has 0 radical (unpaired) electrons. The first-order chi connectivity index (χ1) is 32.8. The van der Waals surface area contributed by atoms with Crippen LogP contribution in [0, 0.1) is 10.1 Å². The Bertz CT molecular complexity index is 1630. The van der Waals surface area contributed by atoms with Crippen LogP contribution in [-0.4, -0.2) is 316 Å². The summed E-state index contributed by atoms with van der Waals surface area (Å²) in [5.74, 6) is 0. The minimum absolute atomic E-state index is 1.02. The van der Waals surface area contributed by atoms with E-state index in [2.05, 4.69) is 4.84 Å². The van der Waals surface area contributed by atoms with Crippen LogP contribution in [-0.2, 0) is 61.7 Å². The fraction of sp³-hybridized carbons (Fsp3) is 1.00. The summed E-state index contributed by atoms with van der Waals surface area (Å²) in [5.41, 5.74) is 0. The molecule has 30 atom stereocenters. The average Bonchev–Trinajstić information content (AvgIpc) is 3.33. The van der Waals surface area contributed by atoms with Gasteiger partial charge in [-0.05, 0) is 0 Å². The minimum atomic E-state index is -2.37. The summed E-state index contributed by atoms with van der Waals surface area (Å²) < 4.78 is 67.8. The molecule has 69 heavy (non-hydrogen) atoms. The third-order valence-electron chi connectivity index (χ3n) is 12.9. The summed E-state index contributed by atoms with van der Waals surface area (Å²) >= 11 is 0. The predicted molar refractivity (Wildman–Crippen MR) is 202 cm³/mol. The van der Waals surface area contributed by atoms with Crippen molar-refractivity contribution in [3.05, 3.63) is 10.1 Å². The quantitative estimate of drug-likeness (QED) is 0.0793. The van der Waals surface area contributed by atoms with Gasteiger partial charge in [0, 0.05) is 0 Å². The third kappa shape index (κ3) is 10.8. The first kappa shape index (κ1) is 54.8. The predicted octanol–water partition coefficient (Wildman–Crippen LogP) is -12.8. The molecule has 0 aromatic rings. The van der Waals surface area contributed by atoms with Crippen molar-refractivity contribution in [1.29, 1.82) is 0 Å². The Kier molecular flexibility index (Phi) is 18.3. The molecule has 0 saturated carbocycles.